The number of piperazine rings is 1. The van der Waals surface area contributed by atoms with Crippen molar-refractivity contribution in [3.05, 3.63) is 76.4 Å². The van der Waals surface area contributed by atoms with Gasteiger partial charge < -0.3 is 14.2 Å². The van der Waals surface area contributed by atoms with Crippen LogP contribution in [0.25, 0.3) is 0 Å². The van der Waals surface area contributed by atoms with Crippen molar-refractivity contribution in [1.29, 1.82) is 5.26 Å². The van der Waals surface area contributed by atoms with E-state index in [-0.39, 0.29) is 5.91 Å². The zero-order valence-corrected chi connectivity index (χ0v) is 20.7. The summed E-state index contributed by atoms with van der Waals surface area (Å²) < 4.78 is 8.50. The number of nitrogens with zero attached hydrogens (tertiary/aromatic N) is 5. The predicted molar refractivity (Wildman–Crippen MR) is 136 cm³/mol. The molecule has 1 aliphatic carbocycles. The van der Waals surface area contributed by atoms with Crippen molar-refractivity contribution in [2.75, 3.05) is 26.2 Å². The van der Waals surface area contributed by atoms with Crippen LogP contribution in [0.15, 0.2) is 42.6 Å². The number of aryl methyl sites for hydroxylation is 2. The van der Waals surface area contributed by atoms with E-state index in [4.69, 9.17) is 4.74 Å². The first-order chi connectivity index (χ1) is 17.6. The number of fused-ring (bicyclic) bond motifs is 2. The number of ether oxygens (including phenoxy) is 1. The van der Waals surface area contributed by atoms with E-state index in [1.807, 2.05) is 54.4 Å². The fourth-order valence-corrected chi connectivity index (χ4v) is 5.32. The summed E-state index contributed by atoms with van der Waals surface area (Å²) in [6, 6.07) is 13.8. The van der Waals surface area contributed by atoms with Gasteiger partial charge in [-0.1, -0.05) is 25.0 Å². The number of amides is 1. The summed E-state index contributed by atoms with van der Waals surface area (Å²) in [5.41, 5.74) is 4.50. The summed E-state index contributed by atoms with van der Waals surface area (Å²) in [7, 11) is 0. The second kappa shape index (κ2) is 9.44. The summed E-state index contributed by atoms with van der Waals surface area (Å²) in [5.74, 6) is 2.94. The highest BCUT2D eigenvalue weighted by molar-refractivity contribution is 5.96. The Balaban J connectivity index is 1.41. The van der Waals surface area contributed by atoms with Gasteiger partial charge in [-0.15, -0.1) is 0 Å². The molecule has 1 amide bonds. The standard InChI is InChI=1S/C29H31N5O2/c1-20-31-17-25-19-32-10-12-33(13-11-32)29(35)27-15-26(9-8-23(27)6-4-21-2-3-21)36-28-14-22(18-34(20)25)5-7-24(28)16-30/h5,7-9,14-15,17,21H,2-4,6,10-13,18-19H2,1H3. The molecule has 7 nitrogen and oxygen atoms in total. The predicted octanol–water partition coefficient (Wildman–Crippen LogP) is 4.52. The molecule has 0 radical (unpaired) electrons. The monoisotopic (exact) mass is 481 g/mol. The van der Waals surface area contributed by atoms with Crippen LogP contribution in [0.3, 0.4) is 0 Å². The Morgan fingerprint density at radius 3 is 2.69 bits per heavy atom. The molecule has 3 aliphatic heterocycles. The second-order valence-electron chi connectivity index (χ2n) is 10.3. The van der Waals surface area contributed by atoms with Crippen LogP contribution < -0.4 is 4.74 Å². The lowest BCUT2D eigenvalue weighted by Gasteiger charge is -2.35. The third kappa shape index (κ3) is 4.61. The molecule has 0 unspecified atom stereocenters. The van der Waals surface area contributed by atoms with Crippen molar-refractivity contribution >= 4 is 5.91 Å². The molecule has 1 saturated carbocycles. The van der Waals surface area contributed by atoms with Crippen molar-refractivity contribution in [3.8, 4) is 17.6 Å². The fourth-order valence-electron chi connectivity index (χ4n) is 5.32. The lowest BCUT2D eigenvalue weighted by molar-refractivity contribution is 0.0624. The molecule has 7 heteroatoms. The number of hydrogen-bond acceptors (Lipinski definition) is 5. The van der Waals surface area contributed by atoms with Gasteiger partial charge in [0.15, 0.2) is 0 Å². The molecule has 7 rings (SSSR count). The molecule has 184 valence electrons. The van der Waals surface area contributed by atoms with Gasteiger partial charge in [0, 0.05) is 51.0 Å². The van der Waals surface area contributed by atoms with Crippen molar-refractivity contribution in [2.45, 2.75) is 45.7 Å². The lowest BCUT2D eigenvalue weighted by atomic mass is 9.99. The van der Waals surface area contributed by atoms with Gasteiger partial charge in [-0.2, -0.15) is 5.26 Å². The average Bonchev–Trinajstić information content (AvgIpc) is 3.67. The third-order valence-corrected chi connectivity index (χ3v) is 7.75. The molecule has 2 fully saturated rings. The number of benzene rings is 2. The fraction of sp³-hybridized carbons (Fsp3) is 0.414. The Morgan fingerprint density at radius 1 is 1.08 bits per heavy atom. The molecular formula is C29H31N5O2. The Bertz CT molecular complexity index is 1340. The average molecular weight is 482 g/mol. The summed E-state index contributed by atoms with van der Waals surface area (Å²) in [5, 5.41) is 9.72. The zero-order valence-electron chi connectivity index (χ0n) is 20.7. The van der Waals surface area contributed by atoms with Gasteiger partial charge in [0.2, 0.25) is 0 Å². The first-order valence-corrected chi connectivity index (χ1v) is 12.9. The van der Waals surface area contributed by atoms with Gasteiger partial charge >= 0.3 is 0 Å². The van der Waals surface area contributed by atoms with E-state index in [1.54, 1.807) is 0 Å². The van der Waals surface area contributed by atoms with Crippen LogP contribution in [-0.4, -0.2) is 51.4 Å². The van der Waals surface area contributed by atoms with Gasteiger partial charge in [0.05, 0.1) is 11.3 Å². The smallest absolute Gasteiger partial charge is 0.254 e. The van der Waals surface area contributed by atoms with Gasteiger partial charge in [-0.05, 0) is 61.1 Å². The molecule has 6 bridgehead atoms. The highest BCUT2D eigenvalue weighted by Crippen LogP contribution is 2.35. The minimum absolute atomic E-state index is 0.0770. The van der Waals surface area contributed by atoms with Crippen LogP contribution in [0, 0.1) is 24.2 Å². The maximum Gasteiger partial charge on any atom is 0.254 e. The van der Waals surface area contributed by atoms with Gasteiger partial charge in [-0.3, -0.25) is 9.69 Å². The van der Waals surface area contributed by atoms with Crippen LogP contribution in [0.5, 0.6) is 11.5 Å². The molecular weight excluding hydrogens is 450 g/mol. The number of rotatable bonds is 3. The van der Waals surface area contributed by atoms with E-state index in [0.29, 0.717) is 36.7 Å². The lowest BCUT2D eigenvalue weighted by Crippen LogP contribution is -2.48. The normalized spacial score (nSPS) is 18.0. The van der Waals surface area contributed by atoms with Crippen LogP contribution in [0.4, 0.5) is 0 Å². The van der Waals surface area contributed by atoms with E-state index < -0.39 is 0 Å². The molecule has 0 N–H and O–H groups in total. The number of carbonyl (C=O) groups excluding carboxylic acids is 1. The summed E-state index contributed by atoms with van der Waals surface area (Å²) in [6.07, 6.45) is 6.60. The van der Waals surface area contributed by atoms with Gasteiger partial charge in [-0.25, -0.2) is 4.98 Å². The quantitative estimate of drug-likeness (QED) is 0.550. The van der Waals surface area contributed by atoms with Crippen molar-refractivity contribution in [3.63, 3.8) is 0 Å². The molecule has 1 saturated heterocycles. The number of aromatic nitrogens is 2. The number of nitriles is 1. The minimum Gasteiger partial charge on any atom is -0.456 e. The molecule has 4 heterocycles. The van der Waals surface area contributed by atoms with Gasteiger partial charge in [0.1, 0.15) is 23.4 Å². The molecule has 3 aromatic rings. The first-order valence-electron chi connectivity index (χ1n) is 12.9. The molecule has 1 aromatic heterocycles. The first kappa shape index (κ1) is 22.8. The zero-order chi connectivity index (χ0) is 24.6. The van der Waals surface area contributed by atoms with E-state index in [1.165, 1.54) is 12.8 Å². The SMILES string of the molecule is Cc1ncc2n1Cc1ccc(C#N)c(c1)Oc1ccc(CCC3CC3)c(c1)C(=O)N1CCN(CC1)C2. The number of carbonyl (C=O) groups is 1. The van der Waals surface area contributed by atoms with E-state index in [9.17, 15) is 10.1 Å². The van der Waals surface area contributed by atoms with Crippen LogP contribution in [0.2, 0.25) is 0 Å². The summed E-state index contributed by atoms with van der Waals surface area (Å²) in [6.45, 7) is 6.56. The van der Waals surface area contributed by atoms with E-state index in [2.05, 4.69) is 20.5 Å². The Morgan fingerprint density at radius 2 is 1.92 bits per heavy atom. The van der Waals surface area contributed by atoms with Crippen molar-refractivity contribution in [1.82, 2.24) is 19.4 Å². The topological polar surface area (TPSA) is 74.4 Å². The van der Waals surface area contributed by atoms with Gasteiger partial charge in [0.25, 0.3) is 5.91 Å². The molecule has 2 aromatic carbocycles. The van der Waals surface area contributed by atoms with E-state index in [0.717, 1.165) is 66.6 Å². The molecule has 0 spiro atoms. The van der Waals surface area contributed by atoms with E-state index >= 15 is 0 Å². The minimum atomic E-state index is 0.0770. The van der Waals surface area contributed by atoms with Crippen molar-refractivity contribution in [2.24, 2.45) is 5.92 Å². The maximum atomic E-state index is 13.7. The van der Waals surface area contributed by atoms with Crippen LogP contribution in [-0.2, 0) is 19.5 Å². The highest BCUT2D eigenvalue weighted by atomic mass is 16.5. The molecule has 4 aliphatic rings. The Labute approximate surface area is 211 Å². The van der Waals surface area contributed by atoms with Crippen molar-refractivity contribution < 1.29 is 9.53 Å². The summed E-state index contributed by atoms with van der Waals surface area (Å²) in [4.78, 5) is 22.7. The number of imidazole rings is 1. The third-order valence-electron chi connectivity index (χ3n) is 7.75. The molecule has 36 heavy (non-hydrogen) atoms. The number of hydrogen-bond donors (Lipinski definition) is 0. The summed E-state index contributed by atoms with van der Waals surface area (Å²) >= 11 is 0. The maximum absolute atomic E-state index is 13.7. The second-order valence-corrected chi connectivity index (χ2v) is 10.3. The van der Waals surface area contributed by atoms with Crippen LogP contribution >= 0.6 is 0 Å². The highest BCUT2D eigenvalue weighted by Gasteiger charge is 2.27. The molecule has 0 atom stereocenters. The Kier molecular flexibility index (Phi) is 5.98. The largest absolute Gasteiger partial charge is 0.456 e. The Hall–Kier alpha value is -3.63. The van der Waals surface area contributed by atoms with Crippen LogP contribution in [0.1, 0.15) is 57.8 Å².